The van der Waals surface area contributed by atoms with Gasteiger partial charge in [0.2, 0.25) is 5.91 Å². The molecule has 1 atom stereocenters. The number of carbonyl (C=O) groups is 1. The van der Waals surface area contributed by atoms with Crippen molar-refractivity contribution in [3.05, 3.63) is 35.7 Å². The van der Waals surface area contributed by atoms with Gasteiger partial charge >= 0.3 is 0 Å². The number of hydrogen-bond acceptors (Lipinski definition) is 3. The van der Waals surface area contributed by atoms with Crippen molar-refractivity contribution in [1.82, 2.24) is 15.2 Å². The molecule has 23 heavy (non-hydrogen) atoms. The van der Waals surface area contributed by atoms with Crippen LogP contribution in [0.5, 0.6) is 0 Å². The molecule has 1 amide bonds. The molecule has 4 nitrogen and oxygen atoms in total. The third-order valence-electron chi connectivity index (χ3n) is 5.21. The summed E-state index contributed by atoms with van der Waals surface area (Å²) in [6.07, 6.45) is 9.20. The summed E-state index contributed by atoms with van der Waals surface area (Å²) in [5.41, 5.74) is 2.47. The number of allylic oxidation sites excluding steroid dienone is 1. The van der Waals surface area contributed by atoms with E-state index in [1.807, 2.05) is 24.2 Å². The van der Waals surface area contributed by atoms with Gasteiger partial charge in [-0.25, -0.2) is 0 Å². The van der Waals surface area contributed by atoms with Gasteiger partial charge in [-0.05, 0) is 43.9 Å². The second-order valence-electron chi connectivity index (χ2n) is 7.23. The molecule has 1 fully saturated rings. The van der Waals surface area contributed by atoms with E-state index in [9.17, 15) is 4.79 Å². The van der Waals surface area contributed by atoms with Crippen LogP contribution < -0.4 is 5.32 Å². The zero-order valence-corrected chi connectivity index (χ0v) is 14.4. The maximum Gasteiger partial charge on any atom is 0.239 e. The Hall–Kier alpha value is -1.68. The molecule has 1 N–H and O–H groups in total. The molecule has 1 aliphatic heterocycles. The van der Waals surface area contributed by atoms with Crippen molar-refractivity contribution < 1.29 is 4.79 Å². The molecule has 0 aromatic carbocycles. The van der Waals surface area contributed by atoms with Crippen LogP contribution in [-0.4, -0.2) is 42.0 Å². The molecule has 0 unspecified atom stereocenters. The van der Waals surface area contributed by atoms with Crippen LogP contribution in [0.15, 0.2) is 24.4 Å². The topological polar surface area (TPSA) is 45.2 Å². The van der Waals surface area contributed by atoms with Crippen molar-refractivity contribution in [2.45, 2.75) is 44.6 Å². The highest BCUT2D eigenvalue weighted by atomic mass is 16.2. The lowest BCUT2D eigenvalue weighted by Gasteiger charge is -2.39. The first-order chi connectivity index (χ1) is 11.1. The van der Waals surface area contributed by atoms with Gasteiger partial charge in [0.15, 0.2) is 0 Å². The second-order valence-corrected chi connectivity index (χ2v) is 7.23. The molecule has 0 bridgehead atoms. The number of nitrogens with zero attached hydrogens (tertiary/aromatic N) is 2. The van der Waals surface area contributed by atoms with Gasteiger partial charge in [0.05, 0.1) is 11.7 Å². The number of hydrogen-bond donors (Lipinski definition) is 1. The minimum absolute atomic E-state index is 0.0422. The van der Waals surface area contributed by atoms with Gasteiger partial charge in [-0.2, -0.15) is 0 Å². The first-order valence-electron chi connectivity index (χ1n) is 8.66. The molecule has 2 aliphatic rings. The van der Waals surface area contributed by atoms with Gasteiger partial charge in [0.1, 0.15) is 0 Å². The minimum atomic E-state index is -0.0615. The number of rotatable bonds is 4. The van der Waals surface area contributed by atoms with Crippen molar-refractivity contribution in [2.24, 2.45) is 5.92 Å². The lowest BCUT2D eigenvalue weighted by Crippen LogP contribution is -2.51. The molecule has 2 heterocycles. The van der Waals surface area contributed by atoms with Crippen LogP contribution in [0.2, 0.25) is 0 Å². The normalized spacial score (nSPS) is 20.1. The molecule has 1 saturated heterocycles. The summed E-state index contributed by atoms with van der Waals surface area (Å²) < 4.78 is 0. The Morgan fingerprint density at radius 2 is 2.13 bits per heavy atom. The summed E-state index contributed by atoms with van der Waals surface area (Å²) in [5.74, 6) is 0.764. The molecule has 124 valence electrons. The first kappa shape index (κ1) is 16.2. The monoisotopic (exact) mass is 313 g/mol. The van der Waals surface area contributed by atoms with Crippen LogP contribution in [0, 0.1) is 5.92 Å². The van der Waals surface area contributed by atoms with Crippen molar-refractivity contribution in [3.8, 4) is 0 Å². The van der Waals surface area contributed by atoms with E-state index in [1.165, 1.54) is 11.3 Å². The predicted molar refractivity (Wildman–Crippen MR) is 93.1 cm³/mol. The summed E-state index contributed by atoms with van der Waals surface area (Å²) in [7, 11) is 1.89. The number of amides is 1. The number of piperidine rings is 1. The number of fused-ring (bicyclic) bond motifs is 2. The zero-order chi connectivity index (χ0) is 16.4. The zero-order valence-electron chi connectivity index (χ0n) is 14.4. The van der Waals surface area contributed by atoms with Gasteiger partial charge in [0, 0.05) is 24.7 Å². The summed E-state index contributed by atoms with van der Waals surface area (Å²) in [6.45, 7) is 5.95. The van der Waals surface area contributed by atoms with Crippen LogP contribution in [0.4, 0.5) is 0 Å². The number of likely N-dealkylation sites (tertiary alicyclic amines) is 1. The summed E-state index contributed by atoms with van der Waals surface area (Å²) in [5, 5.41) is 3.19. The van der Waals surface area contributed by atoms with Crippen LogP contribution in [0.3, 0.4) is 0 Å². The molecular weight excluding hydrogens is 286 g/mol. The standard InChI is InChI=1S/C19H27N3O/c1-14(2)13-16(20-3)18(23)22-11-8-19(9-12-22)7-6-15-5-4-10-21-17(15)19/h4-7,10,14,16,20H,8-9,11-13H2,1-3H3/t16-/m1/s1. The Bertz CT molecular complexity index is 600. The van der Waals surface area contributed by atoms with Crippen molar-refractivity contribution >= 4 is 12.0 Å². The van der Waals surface area contributed by atoms with E-state index in [2.05, 4.69) is 42.4 Å². The molecule has 1 aliphatic carbocycles. The summed E-state index contributed by atoms with van der Waals surface area (Å²) >= 11 is 0. The average Bonchev–Trinajstić information content (AvgIpc) is 2.91. The summed E-state index contributed by atoms with van der Waals surface area (Å²) in [4.78, 5) is 19.4. The second kappa shape index (κ2) is 6.44. The average molecular weight is 313 g/mol. The highest BCUT2D eigenvalue weighted by Crippen LogP contribution is 2.42. The van der Waals surface area contributed by atoms with Crippen LogP contribution in [0.25, 0.3) is 6.08 Å². The quantitative estimate of drug-likeness (QED) is 0.929. The molecule has 1 aromatic rings. The van der Waals surface area contributed by atoms with E-state index in [1.54, 1.807) is 0 Å². The maximum atomic E-state index is 12.7. The van der Waals surface area contributed by atoms with Gasteiger partial charge in [-0.3, -0.25) is 9.78 Å². The Morgan fingerprint density at radius 1 is 1.39 bits per heavy atom. The number of pyridine rings is 1. The molecule has 0 saturated carbocycles. The van der Waals surface area contributed by atoms with Crippen molar-refractivity contribution in [3.63, 3.8) is 0 Å². The Morgan fingerprint density at radius 3 is 2.78 bits per heavy atom. The Labute approximate surface area is 139 Å². The summed E-state index contributed by atoms with van der Waals surface area (Å²) in [6, 6.07) is 4.06. The lowest BCUT2D eigenvalue weighted by molar-refractivity contribution is -0.135. The molecular formula is C19H27N3O. The number of aromatic nitrogens is 1. The van der Waals surface area contributed by atoms with E-state index in [4.69, 9.17) is 0 Å². The fourth-order valence-electron chi connectivity index (χ4n) is 3.86. The van der Waals surface area contributed by atoms with Crippen molar-refractivity contribution in [2.75, 3.05) is 20.1 Å². The number of nitrogens with one attached hydrogen (secondary N) is 1. The van der Waals surface area contributed by atoms with E-state index in [0.717, 1.165) is 32.4 Å². The van der Waals surface area contributed by atoms with Gasteiger partial charge < -0.3 is 10.2 Å². The van der Waals surface area contributed by atoms with E-state index >= 15 is 0 Å². The Kier molecular flexibility index (Phi) is 4.53. The van der Waals surface area contributed by atoms with Gasteiger partial charge in [0.25, 0.3) is 0 Å². The van der Waals surface area contributed by atoms with E-state index in [0.29, 0.717) is 5.92 Å². The minimum Gasteiger partial charge on any atom is -0.341 e. The molecule has 0 radical (unpaired) electrons. The molecule has 1 spiro atoms. The highest BCUT2D eigenvalue weighted by Gasteiger charge is 2.40. The fourth-order valence-corrected chi connectivity index (χ4v) is 3.86. The smallest absolute Gasteiger partial charge is 0.239 e. The van der Waals surface area contributed by atoms with E-state index < -0.39 is 0 Å². The number of carbonyl (C=O) groups excluding carboxylic acids is 1. The molecule has 3 rings (SSSR count). The molecule has 4 heteroatoms. The maximum absolute atomic E-state index is 12.7. The SMILES string of the molecule is CN[C@H](CC(C)C)C(=O)N1CCC2(C=Cc3cccnc32)CC1. The van der Waals surface area contributed by atoms with Crippen LogP contribution in [0.1, 0.15) is 44.4 Å². The lowest BCUT2D eigenvalue weighted by atomic mass is 9.77. The van der Waals surface area contributed by atoms with Crippen LogP contribution >= 0.6 is 0 Å². The predicted octanol–water partition coefficient (Wildman–Crippen LogP) is 2.60. The fraction of sp³-hybridized carbons (Fsp3) is 0.579. The first-order valence-corrected chi connectivity index (χ1v) is 8.66. The van der Waals surface area contributed by atoms with Crippen LogP contribution in [-0.2, 0) is 10.2 Å². The van der Waals surface area contributed by atoms with Gasteiger partial charge in [-0.15, -0.1) is 0 Å². The highest BCUT2D eigenvalue weighted by molar-refractivity contribution is 5.82. The van der Waals surface area contributed by atoms with Crippen molar-refractivity contribution in [1.29, 1.82) is 0 Å². The number of likely N-dealkylation sites (N-methyl/N-ethyl adjacent to an activating group) is 1. The van der Waals surface area contributed by atoms with Gasteiger partial charge in [-0.1, -0.05) is 32.1 Å². The largest absolute Gasteiger partial charge is 0.341 e. The van der Waals surface area contributed by atoms with E-state index in [-0.39, 0.29) is 17.4 Å². The Balaban J connectivity index is 1.67. The molecule has 1 aromatic heterocycles. The third kappa shape index (κ3) is 3.05. The third-order valence-corrected chi connectivity index (χ3v) is 5.21.